The number of ether oxygens (including phenoxy) is 2. The van der Waals surface area contributed by atoms with E-state index in [0.29, 0.717) is 6.61 Å². The Kier molecular flexibility index (Phi) is 3.30. The summed E-state index contributed by atoms with van der Waals surface area (Å²) in [5.74, 6) is -0.355. The van der Waals surface area contributed by atoms with Crippen molar-refractivity contribution in [1.82, 2.24) is 4.90 Å². The molecule has 3 aliphatic rings. The number of fused-ring (bicyclic) bond motifs is 1. The zero-order valence-corrected chi connectivity index (χ0v) is 12.5. The van der Waals surface area contributed by atoms with Crippen LogP contribution in [0.2, 0.25) is 0 Å². The van der Waals surface area contributed by atoms with Crippen LogP contribution in [-0.2, 0) is 15.9 Å². The van der Waals surface area contributed by atoms with Crippen molar-refractivity contribution < 1.29 is 14.6 Å². The van der Waals surface area contributed by atoms with Crippen LogP contribution in [0.25, 0.3) is 0 Å². The Bertz CT molecular complexity index is 525. The van der Waals surface area contributed by atoms with Gasteiger partial charge in [-0.1, -0.05) is 24.3 Å². The highest BCUT2D eigenvalue weighted by Gasteiger charge is 2.45. The third-order valence-electron chi connectivity index (χ3n) is 5.19. The number of hydrogen-bond acceptors (Lipinski definition) is 4. The third-order valence-corrected chi connectivity index (χ3v) is 5.19. The summed E-state index contributed by atoms with van der Waals surface area (Å²) in [5, 5.41) is 10.6. The Hall–Kier alpha value is -0.940. The maximum Gasteiger partial charge on any atom is 0.171 e. The minimum absolute atomic E-state index is 0.206. The van der Waals surface area contributed by atoms with E-state index in [1.807, 2.05) is 6.07 Å². The smallest absolute Gasteiger partial charge is 0.171 e. The lowest BCUT2D eigenvalue weighted by Crippen LogP contribution is -2.50. The molecule has 2 fully saturated rings. The summed E-state index contributed by atoms with van der Waals surface area (Å²) in [7, 11) is 0. The van der Waals surface area contributed by atoms with Crippen molar-refractivity contribution in [2.24, 2.45) is 0 Å². The van der Waals surface area contributed by atoms with Crippen LogP contribution in [0.4, 0.5) is 0 Å². The summed E-state index contributed by atoms with van der Waals surface area (Å²) in [5.41, 5.74) is 2.39. The Morgan fingerprint density at radius 2 is 2.00 bits per heavy atom. The largest absolute Gasteiger partial charge is 0.387 e. The standard InChI is InChI=1S/C17H23NO3/c1-12-11-20-17(21-12)6-8-18(9-7-17)15-10-13-4-2-3-5-14(13)16(15)19/h2-5,12,15-16,19H,6-11H2,1H3. The minimum atomic E-state index is -0.361. The minimum Gasteiger partial charge on any atom is -0.387 e. The van der Waals surface area contributed by atoms with Gasteiger partial charge in [0, 0.05) is 32.0 Å². The van der Waals surface area contributed by atoms with Crippen LogP contribution >= 0.6 is 0 Å². The molecule has 4 rings (SSSR count). The van der Waals surface area contributed by atoms with Gasteiger partial charge in [0.15, 0.2) is 5.79 Å². The molecule has 1 aromatic carbocycles. The molecule has 3 unspecified atom stereocenters. The number of piperidine rings is 1. The zero-order chi connectivity index (χ0) is 14.4. The number of aliphatic hydroxyl groups is 1. The van der Waals surface area contributed by atoms with Crippen LogP contribution < -0.4 is 0 Å². The molecule has 0 aromatic heterocycles. The number of nitrogens with zero attached hydrogens (tertiary/aromatic N) is 1. The van der Waals surface area contributed by atoms with Crippen molar-refractivity contribution in [2.75, 3.05) is 19.7 Å². The van der Waals surface area contributed by atoms with E-state index in [1.165, 1.54) is 5.56 Å². The lowest BCUT2D eigenvalue weighted by molar-refractivity contribution is -0.197. The first kappa shape index (κ1) is 13.7. The zero-order valence-electron chi connectivity index (χ0n) is 12.5. The average Bonchev–Trinajstić information content (AvgIpc) is 3.02. The van der Waals surface area contributed by atoms with Crippen LogP contribution in [-0.4, -0.2) is 47.6 Å². The molecule has 0 bridgehead atoms. The summed E-state index contributed by atoms with van der Waals surface area (Å²) in [6.45, 7) is 4.64. The molecule has 2 heterocycles. The predicted molar refractivity (Wildman–Crippen MR) is 78.9 cm³/mol. The van der Waals surface area contributed by atoms with Gasteiger partial charge in [-0.2, -0.15) is 0 Å². The van der Waals surface area contributed by atoms with E-state index in [9.17, 15) is 5.11 Å². The van der Waals surface area contributed by atoms with Gasteiger partial charge in [0.2, 0.25) is 0 Å². The summed E-state index contributed by atoms with van der Waals surface area (Å²) in [6.07, 6.45) is 2.59. The van der Waals surface area contributed by atoms with Gasteiger partial charge in [0.1, 0.15) is 0 Å². The molecule has 21 heavy (non-hydrogen) atoms. The fourth-order valence-corrected chi connectivity index (χ4v) is 4.04. The van der Waals surface area contributed by atoms with E-state index < -0.39 is 0 Å². The molecule has 0 radical (unpaired) electrons. The highest BCUT2D eigenvalue weighted by molar-refractivity contribution is 5.36. The molecule has 1 N–H and O–H groups in total. The molecule has 4 nitrogen and oxygen atoms in total. The topological polar surface area (TPSA) is 41.9 Å². The fraction of sp³-hybridized carbons (Fsp3) is 0.647. The summed E-state index contributed by atoms with van der Waals surface area (Å²) < 4.78 is 11.9. The van der Waals surface area contributed by atoms with Gasteiger partial charge in [-0.3, -0.25) is 4.90 Å². The summed E-state index contributed by atoms with van der Waals surface area (Å²) >= 11 is 0. The molecular formula is C17H23NO3. The van der Waals surface area contributed by atoms with Gasteiger partial charge in [0.05, 0.1) is 18.8 Å². The molecule has 3 atom stereocenters. The first-order valence-electron chi connectivity index (χ1n) is 7.99. The van der Waals surface area contributed by atoms with Crippen molar-refractivity contribution in [3.05, 3.63) is 35.4 Å². The van der Waals surface area contributed by atoms with Gasteiger partial charge in [-0.15, -0.1) is 0 Å². The lowest BCUT2D eigenvalue weighted by Gasteiger charge is -2.41. The van der Waals surface area contributed by atoms with Crippen LogP contribution in [0.3, 0.4) is 0 Å². The number of likely N-dealkylation sites (tertiary alicyclic amines) is 1. The quantitative estimate of drug-likeness (QED) is 0.857. The molecule has 0 saturated carbocycles. The SMILES string of the molecule is CC1COC2(CCN(C3Cc4ccccc4C3O)CC2)O1. The average molecular weight is 289 g/mol. The van der Waals surface area contributed by atoms with Crippen LogP contribution in [0, 0.1) is 0 Å². The monoisotopic (exact) mass is 289 g/mol. The number of benzene rings is 1. The van der Waals surface area contributed by atoms with Gasteiger partial charge < -0.3 is 14.6 Å². The second-order valence-electron chi connectivity index (χ2n) is 6.60. The summed E-state index contributed by atoms with van der Waals surface area (Å²) in [4.78, 5) is 2.41. The van der Waals surface area contributed by atoms with Gasteiger partial charge >= 0.3 is 0 Å². The molecule has 1 aliphatic carbocycles. The first-order chi connectivity index (χ1) is 10.2. The van der Waals surface area contributed by atoms with Crippen molar-refractivity contribution in [3.8, 4) is 0 Å². The molecule has 1 aromatic rings. The van der Waals surface area contributed by atoms with Crippen LogP contribution in [0.1, 0.15) is 37.0 Å². The van der Waals surface area contributed by atoms with Crippen molar-refractivity contribution in [3.63, 3.8) is 0 Å². The number of aliphatic hydroxyl groups excluding tert-OH is 1. The van der Waals surface area contributed by atoms with Crippen molar-refractivity contribution in [1.29, 1.82) is 0 Å². The van der Waals surface area contributed by atoms with E-state index in [4.69, 9.17) is 9.47 Å². The summed E-state index contributed by atoms with van der Waals surface area (Å²) in [6, 6.07) is 8.46. The second-order valence-corrected chi connectivity index (χ2v) is 6.60. The normalized spacial score (nSPS) is 35.2. The lowest BCUT2D eigenvalue weighted by atomic mass is 10.00. The van der Waals surface area contributed by atoms with E-state index in [1.54, 1.807) is 0 Å². The van der Waals surface area contributed by atoms with Crippen LogP contribution in [0.15, 0.2) is 24.3 Å². The van der Waals surface area contributed by atoms with E-state index >= 15 is 0 Å². The van der Waals surface area contributed by atoms with Gasteiger partial charge in [-0.25, -0.2) is 0 Å². The molecule has 1 spiro atoms. The Labute approximate surface area is 125 Å². The highest BCUT2D eigenvalue weighted by atomic mass is 16.7. The Balaban J connectivity index is 1.44. The fourth-order valence-electron chi connectivity index (χ4n) is 4.04. The maximum atomic E-state index is 10.6. The van der Waals surface area contributed by atoms with Gasteiger partial charge in [0.25, 0.3) is 0 Å². The van der Waals surface area contributed by atoms with E-state index in [2.05, 4.69) is 30.0 Å². The maximum absolute atomic E-state index is 10.6. The molecule has 2 aliphatic heterocycles. The van der Waals surface area contributed by atoms with E-state index in [0.717, 1.165) is 37.9 Å². The first-order valence-corrected chi connectivity index (χ1v) is 7.99. The number of hydrogen-bond donors (Lipinski definition) is 1. The highest BCUT2D eigenvalue weighted by Crippen LogP contribution is 2.39. The Morgan fingerprint density at radius 1 is 1.24 bits per heavy atom. The molecular weight excluding hydrogens is 266 g/mol. The van der Waals surface area contributed by atoms with Crippen molar-refractivity contribution in [2.45, 2.75) is 50.2 Å². The van der Waals surface area contributed by atoms with E-state index in [-0.39, 0.29) is 24.0 Å². The number of rotatable bonds is 1. The molecule has 2 saturated heterocycles. The second kappa shape index (κ2) is 5.06. The third kappa shape index (κ3) is 2.30. The van der Waals surface area contributed by atoms with Crippen LogP contribution in [0.5, 0.6) is 0 Å². The Morgan fingerprint density at radius 3 is 2.67 bits per heavy atom. The predicted octanol–water partition coefficient (Wildman–Crippen LogP) is 1.87. The van der Waals surface area contributed by atoms with Crippen molar-refractivity contribution >= 4 is 0 Å². The molecule has 0 amide bonds. The molecule has 4 heteroatoms. The van der Waals surface area contributed by atoms with Gasteiger partial charge in [-0.05, 0) is 24.5 Å². The molecule has 114 valence electrons.